The van der Waals surface area contributed by atoms with Crippen molar-refractivity contribution in [3.05, 3.63) is 57.7 Å². The van der Waals surface area contributed by atoms with Crippen LogP contribution >= 0.6 is 0 Å². The molecule has 0 saturated carbocycles. The van der Waals surface area contributed by atoms with Crippen LogP contribution in [0.25, 0.3) is 6.08 Å². The number of ether oxygens (including phenoxy) is 2. The second-order valence-electron chi connectivity index (χ2n) is 7.45. The first-order chi connectivity index (χ1) is 15.0. The molecule has 9 nitrogen and oxygen atoms in total. The monoisotopic (exact) mass is 429 g/mol. The summed E-state index contributed by atoms with van der Waals surface area (Å²) in [5, 5.41) is 16.7. The van der Waals surface area contributed by atoms with E-state index in [-0.39, 0.29) is 23.5 Å². The molecule has 2 N–H and O–H groups in total. The van der Waals surface area contributed by atoms with Gasteiger partial charge < -0.3 is 20.1 Å². The number of nitro groups is 1. The molecule has 0 radical (unpaired) electrons. The van der Waals surface area contributed by atoms with Gasteiger partial charge >= 0.3 is 0 Å². The lowest BCUT2D eigenvalue weighted by Gasteiger charge is -2.14. The summed E-state index contributed by atoms with van der Waals surface area (Å²) in [7, 11) is 0. The first kappa shape index (κ1) is 22.6. The molecule has 0 aliphatic carbocycles. The molecule has 2 heterocycles. The summed E-state index contributed by atoms with van der Waals surface area (Å²) in [5.41, 5.74) is 0.243. The van der Waals surface area contributed by atoms with E-state index in [0.29, 0.717) is 31.9 Å². The molecule has 31 heavy (non-hydrogen) atoms. The summed E-state index contributed by atoms with van der Waals surface area (Å²) in [6, 6.07) is 6.25. The van der Waals surface area contributed by atoms with E-state index >= 15 is 0 Å². The standard InChI is InChI=1S/C22H27N3O6/c26-21(23-14-17-8-4-12-30-17)19(22(27)24-15-18-9-5-13-31-18)10-3-7-16-6-1-2-11-20(16)25(28)29/h1-3,6-7,10-11,17-18H,4-5,8-9,12-15H2,(H,23,26)(H,24,27)/b7-3+,19-10?. The molecule has 0 bridgehead atoms. The lowest BCUT2D eigenvalue weighted by atomic mass is 10.1. The summed E-state index contributed by atoms with van der Waals surface area (Å²) in [6.07, 6.45) is 7.85. The molecule has 2 aliphatic rings. The van der Waals surface area contributed by atoms with Gasteiger partial charge in [-0.1, -0.05) is 18.2 Å². The first-order valence-corrected chi connectivity index (χ1v) is 10.5. The average molecular weight is 429 g/mol. The molecule has 166 valence electrons. The van der Waals surface area contributed by atoms with Crippen LogP contribution in [-0.2, 0) is 19.1 Å². The molecule has 2 amide bonds. The highest BCUT2D eigenvalue weighted by Crippen LogP contribution is 2.19. The van der Waals surface area contributed by atoms with Gasteiger partial charge in [-0.15, -0.1) is 0 Å². The predicted octanol–water partition coefficient (Wildman–Crippen LogP) is 2.12. The van der Waals surface area contributed by atoms with Crippen molar-refractivity contribution in [2.24, 2.45) is 0 Å². The van der Waals surface area contributed by atoms with Crippen LogP contribution in [0.3, 0.4) is 0 Å². The van der Waals surface area contributed by atoms with E-state index in [1.807, 2.05) is 0 Å². The zero-order chi connectivity index (χ0) is 22.1. The third kappa shape index (κ3) is 6.73. The topological polar surface area (TPSA) is 120 Å². The number of nitrogens with one attached hydrogen (secondary N) is 2. The number of nitro benzene ring substituents is 1. The van der Waals surface area contributed by atoms with Crippen molar-refractivity contribution >= 4 is 23.6 Å². The van der Waals surface area contributed by atoms with Gasteiger partial charge in [0.05, 0.1) is 22.7 Å². The van der Waals surface area contributed by atoms with Gasteiger partial charge in [-0.3, -0.25) is 19.7 Å². The van der Waals surface area contributed by atoms with E-state index in [4.69, 9.17) is 9.47 Å². The van der Waals surface area contributed by atoms with Crippen molar-refractivity contribution in [1.82, 2.24) is 10.6 Å². The lowest BCUT2D eigenvalue weighted by Crippen LogP contribution is -2.40. The first-order valence-electron chi connectivity index (χ1n) is 10.5. The van der Waals surface area contributed by atoms with Gasteiger partial charge in [-0.25, -0.2) is 0 Å². The van der Waals surface area contributed by atoms with Crippen molar-refractivity contribution in [3.63, 3.8) is 0 Å². The maximum atomic E-state index is 12.7. The van der Waals surface area contributed by atoms with Crippen LogP contribution in [0.4, 0.5) is 5.69 Å². The lowest BCUT2D eigenvalue weighted by molar-refractivity contribution is -0.385. The number of benzene rings is 1. The van der Waals surface area contributed by atoms with Crippen LogP contribution in [0.2, 0.25) is 0 Å². The van der Waals surface area contributed by atoms with Crippen molar-refractivity contribution in [1.29, 1.82) is 0 Å². The van der Waals surface area contributed by atoms with E-state index in [2.05, 4.69) is 10.6 Å². The van der Waals surface area contributed by atoms with Crippen LogP contribution in [0.1, 0.15) is 31.2 Å². The molecule has 2 atom stereocenters. The molecule has 3 rings (SSSR count). The second-order valence-corrected chi connectivity index (χ2v) is 7.45. The van der Waals surface area contributed by atoms with Crippen LogP contribution in [-0.4, -0.2) is 55.2 Å². The van der Waals surface area contributed by atoms with Gasteiger partial charge in [0.25, 0.3) is 17.5 Å². The van der Waals surface area contributed by atoms with Gasteiger partial charge in [0, 0.05) is 32.4 Å². The van der Waals surface area contributed by atoms with Crippen molar-refractivity contribution in [2.75, 3.05) is 26.3 Å². The number of amides is 2. The molecule has 2 fully saturated rings. The average Bonchev–Trinajstić information content (AvgIpc) is 3.48. The summed E-state index contributed by atoms with van der Waals surface area (Å²) in [6.45, 7) is 1.99. The Morgan fingerprint density at radius 3 is 2.13 bits per heavy atom. The van der Waals surface area contributed by atoms with Gasteiger partial charge in [0.15, 0.2) is 0 Å². The molecular weight excluding hydrogens is 402 g/mol. The molecular formula is C22H27N3O6. The number of hydrogen-bond acceptors (Lipinski definition) is 6. The number of allylic oxidation sites excluding steroid dienone is 2. The Balaban J connectivity index is 1.70. The minimum Gasteiger partial charge on any atom is -0.376 e. The molecule has 9 heteroatoms. The number of carbonyl (C=O) groups is 2. The Kier molecular flexibility index (Phi) is 8.31. The Morgan fingerprint density at radius 2 is 1.61 bits per heavy atom. The Labute approximate surface area is 180 Å². The summed E-state index contributed by atoms with van der Waals surface area (Å²) < 4.78 is 11.0. The molecule has 0 aromatic heterocycles. The van der Waals surface area contributed by atoms with Crippen molar-refractivity contribution in [2.45, 2.75) is 37.9 Å². The predicted molar refractivity (Wildman–Crippen MR) is 114 cm³/mol. The molecule has 1 aromatic rings. The maximum absolute atomic E-state index is 12.7. The van der Waals surface area contributed by atoms with Crippen LogP contribution < -0.4 is 10.6 Å². The minimum atomic E-state index is -0.521. The van der Waals surface area contributed by atoms with Crippen LogP contribution in [0, 0.1) is 10.1 Å². The van der Waals surface area contributed by atoms with E-state index in [0.717, 1.165) is 25.7 Å². The van der Waals surface area contributed by atoms with Crippen molar-refractivity contribution < 1.29 is 24.0 Å². The number of rotatable bonds is 9. The number of hydrogen-bond donors (Lipinski definition) is 2. The smallest absolute Gasteiger partial charge is 0.276 e. The SMILES string of the molecule is O=C(NCC1CCCO1)C(=C/C=C/c1ccccc1[N+](=O)[O-])C(=O)NCC1CCCO1. The highest BCUT2D eigenvalue weighted by molar-refractivity contribution is 6.18. The maximum Gasteiger partial charge on any atom is 0.276 e. The minimum absolute atomic E-state index is 0.0531. The summed E-state index contributed by atoms with van der Waals surface area (Å²) in [4.78, 5) is 36.1. The van der Waals surface area contributed by atoms with Gasteiger partial charge in [-0.2, -0.15) is 0 Å². The Morgan fingerprint density at radius 1 is 1.03 bits per heavy atom. The number of carbonyl (C=O) groups excluding carboxylic acids is 2. The Bertz CT molecular complexity index is 821. The fraction of sp³-hybridized carbons (Fsp3) is 0.455. The normalized spacial score (nSPS) is 20.5. The summed E-state index contributed by atoms with van der Waals surface area (Å²) in [5.74, 6) is -1.04. The quantitative estimate of drug-likeness (QED) is 0.155. The van der Waals surface area contributed by atoms with Gasteiger partial charge in [0.2, 0.25) is 0 Å². The highest BCUT2D eigenvalue weighted by Gasteiger charge is 2.23. The molecule has 1 aromatic carbocycles. The highest BCUT2D eigenvalue weighted by atomic mass is 16.6. The molecule has 2 saturated heterocycles. The van der Waals surface area contributed by atoms with Crippen LogP contribution in [0.5, 0.6) is 0 Å². The van der Waals surface area contributed by atoms with E-state index in [1.54, 1.807) is 18.2 Å². The van der Waals surface area contributed by atoms with E-state index in [1.165, 1.54) is 24.3 Å². The number of nitrogens with zero attached hydrogens (tertiary/aromatic N) is 1. The fourth-order valence-electron chi connectivity index (χ4n) is 3.51. The fourth-order valence-corrected chi connectivity index (χ4v) is 3.51. The van der Waals surface area contributed by atoms with Gasteiger partial charge in [0.1, 0.15) is 5.57 Å². The van der Waals surface area contributed by atoms with Gasteiger partial charge in [-0.05, 0) is 43.9 Å². The zero-order valence-corrected chi connectivity index (χ0v) is 17.2. The molecule has 0 spiro atoms. The van der Waals surface area contributed by atoms with Crippen molar-refractivity contribution in [3.8, 4) is 0 Å². The second kappa shape index (κ2) is 11.4. The Hall–Kier alpha value is -3.04. The van der Waals surface area contributed by atoms with Crippen LogP contribution in [0.15, 0.2) is 42.0 Å². The largest absolute Gasteiger partial charge is 0.376 e. The number of para-hydroxylation sites is 1. The molecule has 2 unspecified atom stereocenters. The van der Waals surface area contributed by atoms with E-state index < -0.39 is 16.7 Å². The third-order valence-electron chi connectivity index (χ3n) is 5.19. The summed E-state index contributed by atoms with van der Waals surface area (Å²) >= 11 is 0. The zero-order valence-electron chi connectivity index (χ0n) is 17.2. The molecule has 2 aliphatic heterocycles. The third-order valence-corrected chi connectivity index (χ3v) is 5.19. The van der Waals surface area contributed by atoms with E-state index in [9.17, 15) is 19.7 Å².